The van der Waals surface area contributed by atoms with E-state index in [0.29, 0.717) is 11.6 Å². The van der Waals surface area contributed by atoms with Crippen LogP contribution in [0.25, 0.3) is 0 Å². The van der Waals surface area contributed by atoms with Crippen LogP contribution in [-0.4, -0.2) is 46.7 Å². The van der Waals surface area contributed by atoms with Crippen molar-refractivity contribution >= 4 is 11.7 Å². The lowest BCUT2D eigenvalue weighted by atomic mass is 9.52. The van der Waals surface area contributed by atoms with Gasteiger partial charge in [0.2, 0.25) is 0 Å². The molecule has 1 saturated heterocycles. The van der Waals surface area contributed by atoms with Gasteiger partial charge in [0.05, 0.1) is 12.4 Å². The van der Waals surface area contributed by atoms with Crippen LogP contribution in [0.5, 0.6) is 0 Å². The Morgan fingerprint density at radius 3 is 2.32 bits per heavy atom. The molecule has 6 nitrogen and oxygen atoms in total. The van der Waals surface area contributed by atoms with Crippen LogP contribution in [0.15, 0.2) is 12.4 Å². The first-order chi connectivity index (χ1) is 11.7. The summed E-state index contributed by atoms with van der Waals surface area (Å²) in [5.74, 6) is 1.05. The monoisotopic (exact) mass is 346 g/mol. The minimum Gasteiger partial charge on any atom is -0.396 e. The summed E-state index contributed by atoms with van der Waals surface area (Å²) in [7, 11) is 0. The summed E-state index contributed by atoms with van der Waals surface area (Å²) in [6.07, 6.45) is 6.28. The van der Waals surface area contributed by atoms with Gasteiger partial charge in [-0.15, -0.1) is 0 Å². The highest BCUT2D eigenvalue weighted by Gasteiger charge is 2.53. The standard InChI is InChI=1S/C19H30N4O2/c1-18(2)12-19(3,4)17(18)22-16(25)14-9-21-15(10-20-14)23-7-5-13(11-24)6-8-23/h9-10,13,17,24H,5-8,11-12H2,1-4H3,(H,22,25). The highest BCUT2D eigenvalue weighted by Crippen LogP contribution is 2.53. The molecule has 1 aromatic rings. The molecule has 0 spiro atoms. The van der Waals surface area contributed by atoms with E-state index in [1.807, 2.05) is 0 Å². The Morgan fingerprint density at radius 1 is 1.20 bits per heavy atom. The van der Waals surface area contributed by atoms with Crippen molar-refractivity contribution in [1.82, 2.24) is 15.3 Å². The predicted octanol–water partition coefficient (Wildman–Crippen LogP) is 2.24. The highest BCUT2D eigenvalue weighted by atomic mass is 16.3. The number of hydrogen-bond acceptors (Lipinski definition) is 5. The number of anilines is 1. The molecule has 0 radical (unpaired) electrons. The van der Waals surface area contributed by atoms with Crippen LogP contribution in [0.2, 0.25) is 0 Å². The summed E-state index contributed by atoms with van der Waals surface area (Å²) in [5.41, 5.74) is 0.597. The maximum atomic E-state index is 12.5. The van der Waals surface area contributed by atoms with E-state index in [0.717, 1.165) is 38.2 Å². The summed E-state index contributed by atoms with van der Waals surface area (Å²) >= 11 is 0. The molecule has 2 N–H and O–H groups in total. The van der Waals surface area contributed by atoms with E-state index >= 15 is 0 Å². The molecule has 0 unspecified atom stereocenters. The minimum absolute atomic E-state index is 0.115. The third kappa shape index (κ3) is 3.64. The van der Waals surface area contributed by atoms with Crippen LogP contribution in [0.4, 0.5) is 5.82 Å². The molecule has 138 valence electrons. The first kappa shape index (κ1) is 18.1. The molecular weight excluding hydrogens is 316 g/mol. The second kappa shape index (κ2) is 6.56. The number of rotatable bonds is 4. The van der Waals surface area contributed by atoms with Crippen molar-refractivity contribution in [2.75, 3.05) is 24.6 Å². The average Bonchev–Trinajstić information content (AvgIpc) is 2.58. The zero-order valence-electron chi connectivity index (χ0n) is 15.7. The van der Waals surface area contributed by atoms with Crippen molar-refractivity contribution in [1.29, 1.82) is 0 Å². The van der Waals surface area contributed by atoms with Gasteiger partial charge >= 0.3 is 0 Å². The smallest absolute Gasteiger partial charge is 0.271 e. The molecule has 1 aromatic heterocycles. The van der Waals surface area contributed by atoms with E-state index in [1.54, 1.807) is 12.4 Å². The average molecular weight is 346 g/mol. The van der Waals surface area contributed by atoms with Crippen LogP contribution in [0.3, 0.4) is 0 Å². The molecule has 0 atom stereocenters. The summed E-state index contributed by atoms with van der Waals surface area (Å²) in [6, 6.07) is 0.145. The SMILES string of the molecule is CC1(C)CC(C)(C)C1NC(=O)c1cnc(N2CCC(CO)CC2)cn1. The molecule has 0 bridgehead atoms. The molecule has 1 saturated carbocycles. The van der Waals surface area contributed by atoms with Gasteiger partial charge in [-0.3, -0.25) is 4.79 Å². The van der Waals surface area contributed by atoms with Crippen molar-refractivity contribution in [3.63, 3.8) is 0 Å². The Morgan fingerprint density at radius 2 is 1.84 bits per heavy atom. The molecule has 2 heterocycles. The van der Waals surface area contributed by atoms with Crippen LogP contribution in [0.1, 0.15) is 57.4 Å². The number of aliphatic hydroxyl groups excluding tert-OH is 1. The van der Waals surface area contributed by atoms with Crippen molar-refractivity contribution in [2.45, 2.75) is 53.0 Å². The van der Waals surface area contributed by atoms with E-state index in [-0.39, 0.29) is 29.4 Å². The first-order valence-electron chi connectivity index (χ1n) is 9.22. The quantitative estimate of drug-likeness (QED) is 0.874. The predicted molar refractivity (Wildman–Crippen MR) is 97.5 cm³/mol. The van der Waals surface area contributed by atoms with E-state index < -0.39 is 0 Å². The maximum Gasteiger partial charge on any atom is 0.271 e. The Hall–Kier alpha value is -1.69. The molecule has 0 aromatic carbocycles. The number of amides is 1. The fraction of sp³-hybridized carbons (Fsp3) is 0.737. The number of aromatic nitrogens is 2. The van der Waals surface area contributed by atoms with Crippen molar-refractivity contribution in [3.8, 4) is 0 Å². The Kier molecular flexibility index (Phi) is 4.75. The Bertz CT molecular complexity index is 605. The third-order valence-corrected chi connectivity index (χ3v) is 5.82. The number of hydrogen-bond donors (Lipinski definition) is 2. The number of nitrogens with zero attached hydrogens (tertiary/aromatic N) is 3. The van der Waals surface area contributed by atoms with Gasteiger partial charge in [0, 0.05) is 25.7 Å². The van der Waals surface area contributed by atoms with Gasteiger partial charge in [0.1, 0.15) is 11.5 Å². The maximum absolute atomic E-state index is 12.5. The number of nitrogens with one attached hydrogen (secondary N) is 1. The molecule has 1 aliphatic heterocycles. The van der Waals surface area contributed by atoms with Gasteiger partial charge in [-0.2, -0.15) is 0 Å². The van der Waals surface area contributed by atoms with E-state index in [4.69, 9.17) is 0 Å². The zero-order chi connectivity index (χ0) is 18.2. The summed E-state index contributed by atoms with van der Waals surface area (Å²) in [5, 5.41) is 12.4. The van der Waals surface area contributed by atoms with Crippen LogP contribution in [0, 0.1) is 16.7 Å². The van der Waals surface area contributed by atoms with Crippen molar-refractivity contribution < 1.29 is 9.90 Å². The van der Waals surface area contributed by atoms with Gasteiger partial charge in [0.25, 0.3) is 5.91 Å². The number of piperidine rings is 1. The topological polar surface area (TPSA) is 78.4 Å². The lowest BCUT2D eigenvalue weighted by Gasteiger charge is -2.57. The number of carbonyl (C=O) groups is 1. The largest absolute Gasteiger partial charge is 0.396 e. The summed E-state index contributed by atoms with van der Waals surface area (Å²) in [6.45, 7) is 10.8. The zero-order valence-corrected chi connectivity index (χ0v) is 15.7. The second-order valence-corrected chi connectivity index (χ2v) is 8.93. The number of carbonyl (C=O) groups excluding carboxylic acids is 1. The Labute approximate surface area is 150 Å². The van der Waals surface area contributed by atoms with Gasteiger partial charge in [-0.1, -0.05) is 27.7 Å². The fourth-order valence-electron chi connectivity index (χ4n) is 4.85. The first-order valence-corrected chi connectivity index (χ1v) is 9.22. The van der Waals surface area contributed by atoms with E-state index in [9.17, 15) is 9.90 Å². The molecule has 1 amide bonds. The molecule has 2 aliphatic rings. The van der Waals surface area contributed by atoms with Crippen LogP contribution < -0.4 is 10.2 Å². The van der Waals surface area contributed by atoms with Gasteiger partial charge in [-0.05, 0) is 36.0 Å². The molecule has 3 rings (SSSR count). The van der Waals surface area contributed by atoms with Gasteiger partial charge in [0.15, 0.2) is 0 Å². The number of aliphatic hydroxyl groups is 1. The lowest BCUT2D eigenvalue weighted by molar-refractivity contribution is -0.0367. The molecule has 1 aliphatic carbocycles. The minimum atomic E-state index is -0.149. The third-order valence-electron chi connectivity index (χ3n) is 5.82. The van der Waals surface area contributed by atoms with Crippen molar-refractivity contribution in [3.05, 3.63) is 18.1 Å². The normalized spacial score (nSPS) is 23.2. The van der Waals surface area contributed by atoms with E-state index in [1.165, 1.54) is 0 Å². The molecular formula is C19H30N4O2. The molecule has 2 fully saturated rings. The summed E-state index contributed by atoms with van der Waals surface area (Å²) in [4.78, 5) is 23.5. The lowest BCUT2D eigenvalue weighted by Crippen LogP contribution is -2.63. The van der Waals surface area contributed by atoms with E-state index in [2.05, 4.69) is 47.9 Å². The molecule has 6 heteroatoms. The Balaban J connectivity index is 1.61. The van der Waals surface area contributed by atoms with Crippen LogP contribution in [-0.2, 0) is 0 Å². The van der Waals surface area contributed by atoms with Crippen molar-refractivity contribution in [2.24, 2.45) is 16.7 Å². The van der Waals surface area contributed by atoms with Gasteiger partial charge in [-0.25, -0.2) is 9.97 Å². The fourth-order valence-corrected chi connectivity index (χ4v) is 4.85. The van der Waals surface area contributed by atoms with Gasteiger partial charge < -0.3 is 15.3 Å². The molecule has 25 heavy (non-hydrogen) atoms. The van der Waals surface area contributed by atoms with Crippen LogP contribution >= 0.6 is 0 Å². The highest BCUT2D eigenvalue weighted by molar-refractivity contribution is 5.92. The summed E-state index contributed by atoms with van der Waals surface area (Å²) < 4.78 is 0. The second-order valence-electron chi connectivity index (χ2n) is 8.93.